The van der Waals surface area contributed by atoms with Crippen molar-refractivity contribution in [1.82, 2.24) is 24.8 Å². The van der Waals surface area contributed by atoms with Crippen LogP contribution in [0.15, 0.2) is 30.3 Å². The van der Waals surface area contributed by atoms with Gasteiger partial charge in [-0.05, 0) is 58.0 Å². The van der Waals surface area contributed by atoms with Crippen molar-refractivity contribution < 1.29 is 27.8 Å². The first-order chi connectivity index (χ1) is 17.4. The zero-order chi connectivity index (χ0) is 26.6. The van der Waals surface area contributed by atoms with E-state index in [1.807, 2.05) is 6.07 Å². The van der Waals surface area contributed by atoms with E-state index < -0.39 is 41.7 Å². The van der Waals surface area contributed by atoms with E-state index in [1.165, 1.54) is 17.7 Å². The number of rotatable bonds is 5. The first kappa shape index (κ1) is 24.7. The van der Waals surface area contributed by atoms with Crippen LogP contribution in [0.1, 0.15) is 62.3 Å². The number of benzene rings is 1. The molecule has 1 amide bonds. The number of fused-ring (bicyclic) bond motifs is 2. The van der Waals surface area contributed by atoms with Gasteiger partial charge in [-0.3, -0.25) is 0 Å². The topological polar surface area (TPSA) is 111 Å². The van der Waals surface area contributed by atoms with Gasteiger partial charge in [-0.15, -0.1) is 0 Å². The number of carbonyl (C=O) groups excluding carboxylic acids is 2. The van der Waals surface area contributed by atoms with Crippen molar-refractivity contribution in [2.24, 2.45) is 0 Å². The normalized spacial score (nSPS) is 18.1. The van der Waals surface area contributed by atoms with Crippen LogP contribution in [-0.4, -0.2) is 50.5 Å². The summed E-state index contributed by atoms with van der Waals surface area (Å²) in [5.41, 5.74) is 1.37. The van der Waals surface area contributed by atoms with E-state index in [1.54, 1.807) is 39.8 Å². The van der Waals surface area contributed by atoms with Crippen LogP contribution in [0.4, 0.5) is 13.6 Å². The second kappa shape index (κ2) is 8.82. The number of imidazole rings is 1. The first-order valence-electron chi connectivity index (χ1n) is 11.9. The van der Waals surface area contributed by atoms with Gasteiger partial charge >= 0.3 is 12.1 Å². The lowest BCUT2D eigenvalue weighted by molar-refractivity contribution is 0.0506. The van der Waals surface area contributed by atoms with Crippen LogP contribution in [0.5, 0.6) is 0 Å². The largest absolute Gasteiger partial charge is 0.465 e. The Labute approximate surface area is 211 Å². The van der Waals surface area contributed by atoms with Crippen LogP contribution >= 0.6 is 0 Å². The molecule has 3 atom stereocenters. The molecule has 5 rings (SSSR count). The predicted octanol–water partition coefficient (Wildman–Crippen LogP) is 5.37. The van der Waals surface area contributed by atoms with Crippen LogP contribution in [0, 0.1) is 5.82 Å². The minimum Gasteiger partial charge on any atom is -0.465 e. The Morgan fingerprint density at radius 1 is 1.22 bits per heavy atom. The van der Waals surface area contributed by atoms with Crippen LogP contribution < -0.4 is 5.32 Å². The number of nitrogens with one attached hydrogen (secondary N) is 2. The molecule has 0 saturated heterocycles. The molecule has 1 fully saturated rings. The molecule has 4 aromatic rings. The number of halogens is 2. The molecule has 2 N–H and O–H groups in total. The number of ether oxygens (including phenoxy) is 2. The summed E-state index contributed by atoms with van der Waals surface area (Å²) in [5, 5.41) is 3.52. The molecule has 11 heteroatoms. The third-order valence-electron chi connectivity index (χ3n) is 6.09. The Morgan fingerprint density at radius 2 is 1.95 bits per heavy atom. The quantitative estimate of drug-likeness (QED) is 0.348. The smallest absolute Gasteiger partial charge is 0.408 e. The lowest BCUT2D eigenvalue weighted by Crippen LogP contribution is -2.34. The summed E-state index contributed by atoms with van der Waals surface area (Å²) in [5.74, 6) is -1.04. The highest BCUT2D eigenvalue weighted by atomic mass is 19.1. The molecule has 3 heterocycles. The molecule has 1 aliphatic carbocycles. The number of pyridine rings is 1. The summed E-state index contributed by atoms with van der Waals surface area (Å²) in [7, 11) is 1.21. The maximum atomic E-state index is 15.1. The predicted molar refractivity (Wildman–Crippen MR) is 132 cm³/mol. The fraction of sp³-hybridized carbons (Fsp3) is 0.385. The average Bonchev–Trinajstić information content (AvgIpc) is 3.22. The van der Waals surface area contributed by atoms with Crippen LogP contribution in [0.25, 0.3) is 33.6 Å². The van der Waals surface area contributed by atoms with E-state index in [0.29, 0.717) is 22.9 Å². The van der Waals surface area contributed by atoms with E-state index in [-0.39, 0.29) is 23.0 Å². The monoisotopic (exact) mass is 511 g/mol. The second-order valence-electron chi connectivity index (χ2n) is 10.2. The number of esters is 1. The van der Waals surface area contributed by atoms with Crippen molar-refractivity contribution in [1.29, 1.82) is 0 Å². The number of hydrogen-bond donors (Lipinski definition) is 2. The van der Waals surface area contributed by atoms with E-state index >= 15 is 4.39 Å². The molecule has 0 aliphatic heterocycles. The molecule has 1 saturated carbocycles. The first-order valence-corrected chi connectivity index (χ1v) is 11.9. The summed E-state index contributed by atoms with van der Waals surface area (Å²) >= 11 is 0. The third-order valence-corrected chi connectivity index (χ3v) is 6.09. The summed E-state index contributed by atoms with van der Waals surface area (Å²) in [6.45, 7) is 7.14. The maximum absolute atomic E-state index is 15.1. The molecule has 37 heavy (non-hydrogen) atoms. The molecular weight excluding hydrogens is 484 g/mol. The summed E-state index contributed by atoms with van der Waals surface area (Å²) < 4.78 is 40.9. The highest BCUT2D eigenvalue weighted by molar-refractivity contribution is 5.95. The lowest BCUT2D eigenvalue weighted by Gasteiger charge is -2.21. The number of aromatic amines is 1. The van der Waals surface area contributed by atoms with Crippen LogP contribution in [0.3, 0.4) is 0 Å². The molecule has 0 bridgehead atoms. The van der Waals surface area contributed by atoms with Gasteiger partial charge in [-0.1, -0.05) is 0 Å². The highest BCUT2D eigenvalue weighted by Crippen LogP contribution is 2.44. The minimum atomic E-state index is -1.12. The van der Waals surface area contributed by atoms with Crippen molar-refractivity contribution in [3.05, 3.63) is 47.4 Å². The standard InChI is InChI=1S/C26H27F2N5O4/c1-12(29-25(35)37-26(2,3)4)17-7-6-13-9-19(31-22(13)30-17)23-32-18-10-14(24(34)36-5)8-16(28)21(18)33(23)20-11-15(20)27/h6-10,12,15,20H,11H2,1-5H3,(H,29,35)(H,30,31)/t12-,15-,20-/m1/s1. The van der Waals surface area contributed by atoms with Gasteiger partial charge in [0.1, 0.15) is 28.8 Å². The molecule has 0 unspecified atom stereocenters. The van der Waals surface area contributed by atoms with Gasteiger partial charge in [0.05, 0.1) is 41.7 Å². The number of H-pyrrole nitrogens is 1. The van der Waals surface area contributed by atoms with Gasteiger partial charge in [0.25, 0.3) is 0 Å². The Morgan fingerprint density at radius 3 is 2.59 bits per heavy atom. The van der Waals surface area contributed by atoms with E-state index in [0.717, 1.165) is 11.5 Å². The molecule has 0 radical (unpaired) electrons. The van der Waals surface area contributed by atoms with Gasteiger partial charge in [0, 0.05) is 11.8 Å². The maximum Gasteiger partial charge on any atom is 0.408 e. The van der Waals surface area contributed by atoms with Gasteiger partial charge in [-0.25, -0.2) is 28.3 Å². The zero-order valence-corrected chi connectivity index (χ0v) is 21.1. The molecule has 9 nitrogen and oxygen atoms in total. The van der Waals surface area contributed by atoms with Crippen molar-refractivity contribution in [3.8, 4) is 11.5 Å². The van der Waals surface area contributed by atoms with Crippen LogP contribution in [0.2, 0.25) is 0 Å². The van der Waals surface area contributed by atoms with Crippen molar-refractivity contribution in [2.45, 2.75) is 58.0 Å². The number of carbonyl (C=O) groups is 2. The SMILES string of the molecule is COC(=O)c1cc(F)c2c(c1)nc(-c1cc3ccc([C@@H](C)NC(=O)OC(C)(C)C)nc3[nH]1)n2[C@@H]1C[C@H]1F. The molecule has 3 aromatic heterocycles. The Hall–Kier alpha value is -4.02. The van der Waals surface area contributed by atoms with E-state index in [4.69, 9.17) is 9.47 Å². The van der Waals surface area contributed by atoms with E-state index in [2.05, 4.69) is 20.3 Å². The van der Waals surface area contributed by atoms with Gasteiger partial charge in [0.15, 0.2) is 5.82 Å². The fourth-order valence-corrected chi connectivity index (χ4v) is 4.29. The summed E-state index contributed by atoms with van der Waals surface area (Å²) in [6, 6.07) is 6.93. The van der Waals surface area contributed by atoms with Gasteiger partial charge in [-0.2, -0.15) is 0 Å². The fourth-order valence-electron chi connectivity index (χ4n) is 4.29. The summed E-state index contributed by atoms with van der Waals surface area (Å²) in [6.07, 6.45) is -1.43. The second-order valence-corrected chi connectivity index (χ2v) is 10.2. The number of nitrogens with zero attached hydrogens (tertiary/aromatic N) is 3. The number of methoxy groups -OCH3 is 1. The molecule has 1 aliphatic rings. The Balaban J connectivity index is 1.53. The van der Waals surface area contributed by atoms with Gasteiger partial charge in [0.2, 0.25) is 0 Å². The number of alkyl carbamates (subject to hydrolysis) is 1. The molecule has 1 aromatic carbocycles. The number of alkyl halides is 1. The highest BCUT2D eigenvalue weighted by Gasteiger charge is 2.42. The summed E-state index contributed by atoms with van der Waals surface area (Å²) in [4.78, 5) is 36.5. The third kappa shape index (κ3) is 4.73. The molecular formula is C26H27F2N5O4. The zero-order valence-electron chi connectivity index (χ0n) is 21.1. The van der Waals surface area contributed by atoms with Crippen molar-refractivity contribution in [3.63, 3.8) is 0 Å². The van der Waals surface area contributed by atoms with Crippen molar-refractivity contribution in [2.75, 3.05) is 7.11 Å². The number of hydrogen-bond acceptors (Lipinski definition) is 6. The number of aromatic nitrogens is 4. The lowest BCUT2D eigenvalue weighted by atomic mass is 10.2. The minimum absolute atomic E-state index is 0.0192. The number of amides is 1. The Bertz CT molecular complexity index is 1540. The molecule has 0 spiro atoms. The average molecular weight is 512 g/mol. The van der Waals surface area contributed by atoms with Gasteiger partial charge < -0.3 is 24.3 Å². The van der Waals surface area contributed by atoms with E-state index in [9.17, 15) is 14.0 Å². The Kier molecular flexibility index (Phi) is 5.88. The molecule has 194 valence electrons. The van der Waals surface area contributed by atoms with Crippen LogP contribution in [-0.2, 0) is 9.47 Å². The van der Waals surface area contributed by atoms with Crippen molar-refractivity contribution >= 4 is 34.1 Å².